The number of halogens is 2. The molecule has 0 spiro atoms. The lowest BCUT2D eigenvalue weighted by Gasteiger charge is -2.32. The van der Waals surface area contributed by atoms with Crippen LogP contribution < -0.4 is 5.32 Å². The minimum atomic E-state index is 0. The normalized spacial score (nSPS) is 17.5. The molecule has 1 N–H and O–H groups in total. The van der Waals surface area contributed by atoms with Gasteiger partial charge in [-0.05, 0) is 51.1 Å². The van der Waals surface area contributed by atoms with Gasteiger partial charge in [-0.15, -0.1) is 12.4 Å². The number of aryl methyl sites for hydroxylation is 1. The Morgan fingerprint density at radius 3 is 2.71 bits per heavy atom. The number of rotatable bonds is 3. The highest BCUT2D eigenvalue weighted by Crippen LogP contribution is 2.18. The van der Waals surface area contributed by atoms with E-state index in [0.717, 1.165) is 37.3 Å². The molecule has 2 heterocycles. The van der Waals surface area contributed by atoms with Crippen molar-refractivity contribution in [2.24, 2.45) is 0 Å². The average Bonchev–Trinajstić information content (AvgIpc) is 2.96. The largest absolute Gasteiger partial charge is 0.337 e. The fourth-order valence-electron chi connectivity index (χ4n) is 2.96. The van der Waals surface area contributed by atoms with Gasteiger partial charge in [0.15, 0.2) is 0 Å². The zero-order chi connectivity index (χ0) is 16.4. The van der Waals surface area contributed by atoms with Crippen LogP contribution in [0.1, 0.15) is 28.9 Å². The number of piperidine rings is 1. The van der Waals surface area contributed by atoms with Gasteiger partial charge in [0.1, 0.15) is 0 Å². The van der Waals surface area contributed by atoms with Crippen LogP contribution in [0.5, 0.6) is 0 Å². The smallest absolute Gasteiger partial charge is 0.257 e. The fraction of sp³-hybridized carbons (Fsp3) is 0.412. The lowest BCUT2D eigenvalue weighted by molar-refractivity contribution is 0.0697. The Morgan fingerprint density at radius 1 is 1.33 bits per heavy atom. The molecule has 1 fully saturated rings. The van der Waals surface area contributed by atoms with Gasteiger partial charge in [-0.1, -0.05) is 11.6 Å². The number of benzene rings is 1. The number of carbonyl (C=O) groups is 1. The summed E-state index contributed by atoms with van der Waals surface area (Å²) in [7, 11) is 1.95. The summed E-state index contributed by atoms with van der Waals surface area (Å²) in [6, 6.07) is 7.79. The molecule has 1 aromatic heterocycles. The summed E-state index contributed by atoms with van der Waals surface area (Å²) >= 11 is 5.92. The van der Waals surface area contributed by atoms with Crippen molar-refractivity contribution in [3.8, 4) is 5.69 Å². The summed E-state index contributed by atoms with van der Waals surface area (Å²) in [6.07, 6.45) is 3.95. The maximum Gasteiger partial charge on any atom is 0.257 e. The average molecular weight is 369 g/mol. The number of likely N-dealkylation sites (tertiary alicyclic amines) is 1. The predicted octanol–water partition coefficient (Wildman–Crippen LogP) is 3.08. The van der Waals surface area contributed by atoms with Gasteiger partial charge in [-0.25, -0.2) is 4.68 Å². The van der Waals surface area contributed by atoms with E-state index in [-0.39, 0.29) is 18.3 Å². The Labute approximate surface area is 153 Å². The van der Waals surface area contributed by atoms with Crippen molar-refractivity contribution in [1.29, 1.82) is 0 Å². The van der Waals surface area contributed by atoms with Crippen molar-refractivity contribution in [3.63, 3.8) is 0 Å². The zero-order valence-electron chi connectivity index (χ0n) is 13.8. The highest BCUT2D eigenvalue weighted by molar-refractivity contribution is 6.30. The summed E-state index contributed by atoms with van der Waals surface area (Å²) in [6.45, 7) is 3.43. The van der Waals surface area contributed by atoms with Gasteiger partial charge < -0.3 is 10.2 Å². The second-order valence-corrected chi connectivity index (χ2v) is 6.36. The molecular weight excluding hydrogens is 347 g/mol. The SMILES string of the molecule is CNC1CCCN(C(=O)c2cn(-c3ccc(Cl)cc3)nc2C)C1.Cl. The van der Waals surface area contributed by atoms with Crippen LogP contribution in [0.15, 0.2) is 30.5 Å². The minimum Gasteiger partial charge on any atom is -0.337 e. The number of hydrogen-bond acceptors (Lipinski definition) is 3. The van der Waals surface area contributed by atoms with E-state index in [1.807, 2.05) is 49.3 Å². The first kappa shape index (κ1) is 18.8. The minimum absolute atomic E-state index is 0. The Bertz CT molecular complexity index is 699. The van der Waals surface area contributed by atoms with E-state index in [1.165, 1.54) is 0 Å². The molecule has 1 saturated heterocycles. The maximum atomic E-state index is 12.8. The van der Waals surface area contributed by atoms with Crippen LogP contribution in [0.3, 0.4) is 0 Å². The molecule has 1 amide bonds. The molecule has 1 aromatic carbocycles. The van der Waals surface area contributed by atoms with E-state index in [0.29, 0.717) is 16.6 Å². The lowest BCUT2D eigenvalue weighted by Crippen LogP contribution is -2.47. The molecule has 2 aromatic rings. The first-order valence-corrected chi connectivity index (χ1v) is 8.25. The van der Waals surface area contributed by atoms with Gasteiger partial charge in [-0.2, -0.15) is 5.10 Å². The van der Waals surface area contributed by atoms with E-state index in [4.69, 9.17) is 11.6 Å². The van der Waals surface area contributed by atoms with Crippen molar-refractivity contribution in [3.05, 3.63) is 46.7 Å². The van der Waals surface area contributed by atoms with Crippen LogP contribution in [0.4, 0.5) is 0 Å². The first-order chi connectivity index (χ1) is 11.1. The van der Waals surface area contributed by atoms with Gasteiger partial charge >= 0.3 is 0 Å². The molecule has 1 unspecified atom stereocenters. The molecule has 0 bridgehead atoms. The van der Waals surface area contributed by atoms with Gasteiger partial charge in [0.25, 0.3) is 5.91 Å². The van der Waals surface area contributed by atoms with Gasteiger partial charge in [0.05, 0.1) is 16.9 Å². The number of nitrogens with zero attached hydrogens (tertiary/aromatic N) is 3. The molecule has 130 valence electrons. The van der Waals surface area contributed by atoms with Crippen molar-refractivity contribution in [2.45, 2.75) is 25.8 Å². The Balaban J connectivity index is 0.00000208. The number of carbonyl (C=O) groups excluding carboxylic acids is 1. The van der Waals surface area contributed by atoms with E-state index < -0.39 is 0 Å². The summed E-state index contributed by atoms with van der Waals surface area (Å²) < 4.78 is 1.73. The lowest BCUT2D eigenvalue weighted by atomic mass is 10.0. The Kier molecular flexibility index (Phi) is 6.27. The summed E-state index contributed by atoms with van der Waals surface area (Å²) in [5.74, 6) is 0.0580. The Hall–Kier alpha value is -1.56. The highest BCUT2D eigenvalue weighted by Gasteiger charge is 2.25. The molecule has 1 aliphatic rings. The van der Waals surface area contributed by atoms with E-state index in [9.17, 15) is 4.79 Å². The third kappa shape index (κ3) is 3.91. The number of amides is 1. The molecule has 0 aliphatic carbocycles. The fourth-order valence-corrected chi connectivity index (χ4v) is 3.09. The maximum absolute atomic E-state index is 12.8. The van der Waals surface area contributed by atoms with Crippen LogP contribution in [-0.2, 0) is 0 Å². The second kappa shape index (κ2) is 8.01. The van der Waals surface area contributed by atoms with Crippen LogP contribution in [-0.4, -0.2) is 46.8 Å². The van der Waals surface area contributed by atoms with E-state index in [2.05, 4.69) is 10.4 Å². The number of nitrogens with one attached hydrogen (secondary N) is 1. The molecule has 5 nitrogen and oxygen atoms in total. The van der Waals surface area contributed by atoms with Gasteiger partial charge in [0, 0.05) is 30.4 Å². The molecule has 24 heavy (non-hydrogen) atoms. The van der Waals surface area contributed by atoms with E-state index >= 15 is 0 Å². The third-order valence-electron chi connectivity index (χ3n) is 4.34. The van der Waals surface area contributed by atoms with Crippen molar-refractivity contribution < 1.29 is 4.79 Å². The van der Waals surface area contributed by atoms with Crippen LogP contribution in [0, 0.1) is 6.92 Å². The molecule has 0 saturated carbocycles. The monoisotopic (exact) mass is 368 g/mol. The number of likely N-dealkylation sites (N-methyl/N-ethyl adjacent to an activating group) is 1. The Morgan fingerprint density at radius 2 is 2.04 bits per heavy atom. The first-order valence-electron chi connectivity index (χ1n) is 7.87. The standard InChI is InChI=1S/C17H21ClN4O.ClH/c1-12-16(17(23)21-9-3-4-14(10-21)19-2)11-22(20-12)15-7-5-13(18)6-8-15;/h5-8,11,14,19H,3-4,9-10H2,1-2H3;1H. The van der Waals surface area contributed by atoms with Crippen molar-refractivity contribution in [1.82, 2.24) is 20.0 Å². The number of aromatic nitrogens is 2. The predicted molar refractivity (Wildman–Crippen MR) is 98.5 cm³/mol. The zero-order valence-corrected chi connectivity index (χ0v) is 15.4. The summed E-state index contributed by atoms with van der Waals surface area (Å²) in [5.41, 5.74) is 2.30. The van der Waals surface area contributed by atoms with Crippen LogP contribution in [0.25, 0.3) is 5.69 Å². The highest BCUT2D eigenvalue weighted by atomic mass is 35.5. The van der Waals surface area contributed by atoms with Crippen molar-refractivity contribution in [2.75, 3.05) is 20.1 Å². The molecule has 7 heteroatoms. The van der Waals surface area contributed by atoms with Gasteiger partial charge in [-0.3, -0.25) is 4.79 Å². The van der Waals surface area contributed by atoms with Gasteiger partial charge in [0.2, 0.25) is 0 Å². The summed E-state index contributed by atoms with van der Waals surface area (Å²) in [5, 5.41) is 8.42. The summed E-state index contributed by atoms with van der Waals surface area (Å²) in [4.78, 5) is 14.7. The van der Waals surface area contributed by atoms with E-state index in [1.54, 1.807) is 4.68 Å². The quantitative estimate of drug-likeness (QED) is 0.905. The topological polar surface area (TPSA) is 50.2 Å². The second-order valence-electron chi connectivity index (χ2n) is 5.93. The molecular formula is C17H22Cl2N4O. The number of hydrogen-bond donors (Lipinski definition) is 1. The molecule has 1 aliphatic heterocycles. The van der Waals surface area contributed by atoms with Crippen molar-refractivity contribution >= 4 is 29.9 Å². The molecule has 0 radical (unpaired) electrons. The van der Waals surface area contributed by atoms with Crippen LogP contribution >= 0.6 is 24.0 Å². The molecule has 3 rings (SSSR count). The molecule has 1 atom stereocenters. The van der Waals surface area contributed by atoms with Crippen LogP contribution in [0.2, 0.25) is 5.02 Å². The third-order valence-corrected chi connectivity index (χ3v) is 4.59.